The third-order valence-corrected chi connectivity index (χ3v) is 4.70. The number of aryl methyl sites for hydroxylation is 5. The lowest BCUT2D eigenvalue weighted by Gasteiger charge is -2.16. The van der Waals surface area contributed by atoms with Crippen LogP contribution in [0.5, 0.6) is 0 Å². The molecule has 0 radical (unpaired) electrons. The van der Waals surface area contributed by atoms with E-state index in [0.29, 0.717) is 5.56 Å². The molecule has 2 amide bonds. The molecule has 2 aromatic rings. The minimum Gasteiger partial charge on any atom is -0.449 e. The molecule has 1 atom stereocenters. The standard InChI is InChI=1S/C23H28N2O4/c1-13-10-16(4)20(17(5)11-13)23(28)29-18(6)22(27)24-12-19(26)25-21-14(2)8-7-9-15(21)3/h7-11,18H,12H2,1-6H3,(H,24,27)(H,25,26). The van der Waals surface area contributed by atoms with Crippen LogP contribution in [0, 0.1) is 34.6 Å². The van der Waals surface area contributed by atoms with Crippen LogP contribution in [0.3, 0.4) is 0 Å². The SMILES string of the molecule is Cc1cc(C)c(C(=O)OC(C)C(=O)NCC(=O)Nc2c(C)cccc2C)c(C)c1. The zero-order valence-corrected chi connectivity index (χ0v) is 17.8. The average Bonchev–Trinajstić information content (AvgIpc) is 2.61. The molecule has 0 saturated carbocycles. The maximum atomic E-state index is 12.5. The highest BCUT2D eigenvalue weighted by Crippen LogP contribution is 2.19. The number of carbonyl (C=O) groups is 3. The average molecular weight is 396 g/mol. The van der Waals surface area contributed by atoms with Gasteiger partial charge in [0.05, 0.1) is 12.1 Å². The summed E-state index contributed by atoms with van der Waals surface area (Å²) in [7, 11) is 0. The van der Waals surface area contributed by atoms with Crippen molar-refractivity contribution in [3.8, 4) is 0 Å². The second kappa shape index (κ2) is 9.37. The Bertz CT molecular complexity index is 907. The molecule has 2 rings (SSSR count). The first-order valence-corrected chi connectivity index (χ1v) is 9.52. The molecule has 2 aromatic carbocycles. The minimum absolute atomic E-state index is 0.211. The van der Waals surface area contributed by atoms with E-state index >= 15 is 0 Å². The number of esters is 1. The predicted octanol–water partition coefficient (Wildman–Crippen LogP) is 3.53. The third-order valence-electron chi connectivity index (χ3n) is 4.70. The van der Waals surface area contributed by atoms with Crippen LogP contribution in [0.4, 0.5) is 5.69 Å². The molecule has 154 valence electrons. The Labute approximate surface area is 171 Å². The first-order valence-electron chi connectivity index (χ1n) is 9.52. The normalized spacial score (nSPS) is 11.5. The molecule has 0 aliphatic heterocycles. The van der Waals surface area contributed by atoms with E-state index in [0.717, 1.165) is 33.5 Å². The minimum atomic E-state index is -1.02. The lowest BCUT2D eigenvalue weighted by atomic mass is 10.00. The van der Waals surface area contributed by atoms with Gasteiger partial charge < -0.3 is 15.4 Å². The molecule has 6 nitrogen and oxygen atoms in total. The maximum absolute atomic E-state index is 12.5. The molecule has 0 heterocycles. The molecule has 6 heteroatoms. The molecule has 0 spiro atoms. The van der Waals surface area contributed by atoms with E-state index in [9.17, 15) is 14.4 Å². The molecule has 0 aliphatic carbocycles. The van der Waals surface area contributed by atoms with Gasteiger partial charge >= 0.3 is 5.97 Å². The Balaban J connectivity index is 1.92. The number of anilines is 1. The maximum Gasteiger partial charge on any atom is 0.339 e. The lowest BCUT2D eigenvalue weighted by Crippen LogP contribution is -2.40. The van der Waals surface area contributed by atoms with Crippen LogP contribution in [0.25, 0.3) is 0 Å². The van der Waals surface area contributed by atoms with Crippen LogP contribution in [0.15, 0.2) is 30.3 Å². The number of para-hydroxylation sites is 1. The number of hydrogen-bond acceptors (Lipinski definition) is 4. The summed E-state index contributed by atoms with van der Waals surface area (Å²) in [5, 5.41) is 5.31. The van der Waals surface area contributed by atoms with Crippen LogP contribution in [-0.2, 0) is 14.3 Å². The molecule has 0 fully saturated rings. The fourth-order valence-corrected chi connectivity index (χ4v) is 3.28. The smallest absolute Gasteiger partial charge is 0.339 e. The highest BCUT2D eigenvalue weighted by atomic mass is 16.5. The zero-order chi connectivity index (χ0) is 21.7. The second-order valence-electron chi connectivity index (χ2n) is 7.35. The molecule has 1 unspecified atom stereocenters. The Hall–Kier alpha value is -3.15. The van der Waals surface area contributed by atoms with Gasteiger partial charge in [0.1, 0.15) is 0 Å². The number of rotatable bonds is 6. The molecule has 0 aliphatic rings. The second-order valence-corrected chi connectivity index (χ2v) is 7.35. The van der Waals surface area contributed by atoms with Crippen molar-refractivity contribution >= 4 is 23.5 Å². The van der Waals surface area contributed by atoms with Gasteiger partial charge in [0.15, 0.2) is 6.10 Å². The Kier molecular flexibility index (Phi) is 7.15. The van der Waals surface area contributed by atoms with Gasteiger partial charge in [-0.15, -0.1) is 0 Å². The van der Waals surface area contributed by atoms with Crippen molar-refractivity contribution in [2.45, 2.75) is 47.6 Å². The molecule has 29 heavy (non-hydrogen) atoms. The van der Waals surface area contributed by atoms with E-state index in [1.54, 1.807) is 0 Å². The Morgan fingerprint density at radius 2 is 1.48 bits per heavy atom. The number of nitrogens with one attached hydrogen (secondary N) is 2. The fourth-order valence-electron chi connectivity index (χ4n) is 3.28. The number of carbonyl (C=O) groups excluding carboxylic acids is 3. The fraction of sp³-hybridized carbons (Fsp3) is 0.348. The summed E-state index contributed by atoms with van der Waals surface area (Å²) in [6.07, 6.45) is -1.02. The number of amides is 2. The number of benzene rings is 2. The van der Waals surface area contributed by atoms with Gasteiger partial charge in [-0.1, -0.05) is 35.9 Å². The molecule has 0 bridgehead atoms. The summed E-state index contributed by atoms with van der Waals surface area (Å²) in [6, 6.07) is 9.50. The molecular formula is C23H28N2O4. The van der Waals surface area contributed by atoms with Crippen molar-refractivity contribution < 1.29 is 19.1 Å². The summed E-state index contributed by atoms with van der Waals surface area (Å²) in [4.78, 5) is 36.9. The van der Waals surface area contributed by atoms with Crippen molar-refractivity contribution in [3.63, 3.8) is 0 Å². The van der Waals surface area contributed by atoms with Crippen LogP contribution >= 0.6 is 0 Å². The van der Waals surface area contributed by atoms with E-state index in [1.165, 1.54) is 6.92 Å². The van der Waals surface area contributed by atoms with E-state index in [-0.39, 0.29) is 12.5 Å². The Morgan fingerprint density at radius 3 is 2.03 bits per heavy atom. The summed E-state index contributed by atoms with van der Waals surface area (Å²) in [5.74, 6) is -1.43. The van der Waals surface area contributed by atoms with Crippen LogP contribution in [-0.4, -0.2) is 30.4 Å². The van der Waals surface area contributed by atoms with Crippen molar-refractivity contribution in [2.75, 3.05) is 11.9 Å². The van der Waals surface area contributed by atoms with Crippen LogP contribution in [0.2, 0.25) is 0 Å². The lowest BCUT2D eigenvalue weighted by molar-refractivity contribution is -0.130. The van der Waals surface area contributed by atoms with Crippen LogP contribution < -0.4 is 10.6 Å². The first-order chi connectivity index (χ1) is 13.6. The van der Waals surface area contributed by atoms with Crippen molar-refractivity contribution in [3.05, 3.63) is 63.7 Å². The molecular weight excluding hydrogens is 368 g/mol. The van der Waals surface area contributed by atoms with Gasteiger partial charge in [-0.2, -0.15) is 0 Å². The molecule has 0 aromatic heterocycles. The van der Waals surface area contributed by atoms with Gasteiger partial charge in [0.2, 0.25) is 5.91 Å². The molecule has 2 N–H and O–H groups in total. The van der Waals surface area contributed by atoms with E-state index < -0.39 is 18.0 Å². The number of hydrogen-bond donors (Lipinski definition) is 2. The van der Waals surface area contributed by atoms with Crippen molar-refractivity contribution in [1.29, 1.82) is 0 Å². The Morgan fingerprint density at radius 1 is 0.931 bits per heavy atom. The summed E-state index contributed by atoms with van der Waals surface area (Å²) < 4.78 is 5.31. The van der Waals surface area contributed by atoms with Gasteiger partial charge in [-0.05, 0) is 63.8 Å². The van der Waals surface area contributed by atoms with Gasteiger partial charge in [-0.25, -0.2) is 4.79 Å². The van der Waals surface area contributed by atoms with Gasteiger partial charge in [0, 0.05) is 5.69 Å². The van der Waals surface area contributed by atoms with Gasteiger partial charge in [0.25, 0.3) is 5.91 Å². The van der Waals surface area contributed by atoms with E-state index in [4.69, 9.17) is 4.74 Å². The van der Waals surface area contributed by atoms with Crippen molar-refractivity contribution in [2.24, 2.45) is 0 Å². The zero-order valence-electron chi connectivity index (χ0n) is 17.8. The van der Waals surface area contributed by atoms with Crippen LogP contribution in [0.1, 0.15) is 45.1 Å². The molecule has 0 saturated heterocycles. The monoisotopic (exact) mass is 396 g/mol. The quantitative estimate of drug-likeness (QED) is 0.732. The highest BCUT2D eigenvalue weighted by molar-refractivity contribution is 5.97. The third kappa shape index (κ3) is 5.67. The first kappa shape index (κ1) is 22.1. The highest BCUT2D eigenvalue weighted by Gasteiger charge is 2.22. The predicted molar refractivity (Wildman–Crippen MR) is 113 cm³/mol. The summed E-state index contributed by atoms with van der Waals surface area (Å²) in [5.41, 5.74) is 5.73. The van der Waals surface area contributed by atoms with Crippen molar-refractivity contribution in [1.82, 2.24) is 5.32 Å². The topological polar surface area (TPSA) is 84.5 Å². The largest absolute Gasteiger partial charge is 0.449 e. The summed E-state index contributed by atoms with van der Waals surface area (Å²) >= 11 is 0. The van der Waals surface area contributed by atoms with E-state index in [2.05, 4.69) is 10.6 Å². The van der Waals surface area contributed by atoms with E-state index in [1.807, 2.05) is 65.0 Å². The summed E-state index contributed by atoms with van der Waals surface area (Å²) in [6.45, 7) is 10.7. The van der Waals surface area contributed by atoms with Gasteiger partial charge in [-0.3, -0.25) is 9.59 Å². The number of ether oxygens (including phenoxy) is 1.